The minimum absolute atomic E-state index is 0.110. The summed E-state index contributed by atoms with van der Waals surface area (Å²) in [7, 11) is 3.84. The molecule has 4 N–H and O–H groups in total. The van der Waals surface area contributed by atoms with Crippen molar-refractivity contribution in [2.75, 3.05) is 19.0 Å². The molecule has 0 aliphatic carbocycles. The summed E-state index contributed by atoms with van der Waals surface area (Å²) in [5.74, 6) is -0.0505. The van der Waals surface area contributed by atoms with E-state index < -0.39 is 0 Å². The quantitative estimate of drug-likeness (QED) is 0.317. The molecule has 0 saturated carbocycles. The fourth-order valence-electron chi connectivity index (χ4n) is 1.78. The van der Waals surface area contributed by atoms with Gasteiger partial charge in [-0.2, -0.15) is 0 Å². The Morgan fingerprint density at radius 1 is 1.50 bits per heavy atom. The van der Waals surface area contributed by atoms with Crippen molar-refractivity contribution in [3.8, 4) is 0 Å². The number of nitrogens with zero attached hydrogens (tertiary/aromatic N) is 2. The van der Waals surface area contributed by atoms with E-state index in [2.05, 4.69) is 10.5 Å². The second-order valence-corrected chi connectivity index (χ2v) is 4.82. The zero-order valence-electron chi connectivity index (χ0n) is 12.1. The van der Waals surface area contributed by atoms with Crippen LogP contribution in [0.25, 0.3) is 0 Å². The molecule has 0 spiro atoms. The summed E-state index contributed by atoms with van der Waals surface area (Å²) in [6.07, 6.45) is 1.03. The Labute approximate surface area is 119 Å². The van der Waals surface area contributed by atoms with Gasteiger partial charge >= 0.3 is 0 Å². The molecule has 0 aromatic heterocycles. The topological polar surface area (TPSA) is 91.0 Å². The number of amides is 1. The van der Waals surface area contributed by atoms with Crippen molar-refractivity contribution in [2.24, 2.45) is 10.9 Å². The summed E-state index contributed by atoms with van der Waals surface area (Å²) in [6, 6.07) is 7.21. The van der Waals surface area contributed by atoms with Crippen LogP contribution >= 0.6 is 0 Å². The molecule has 0 radical (unpaired) electrons. The minimum Gasteiger partial charge on any atom is -0.409 e. The lowest BCUT2D eigenvalue weighted by atomic mass is 10.1. The molecule has 20 heavy (non-hydrogen) atoms. The van der Waals surface area contributed by atoms with E-state index in [-0.39, 0.29) is 17.8 Å². The molecule has 110 valence electrons. The Balaban J connectivity index is 2.76. The summed E-state index contributed by atoms with van der Waals surface area (Å²) in [5.41, 5.74) is 7.02. The molecule has 1 aromatic rings. The van der Waals surface area contributed by atoms with E-state index in [9.17, 15) is 4.79 Å². The molecule has 1 amide bonds. The van der Waals surface area contributed by atoms with Crippen LogP contribution in [0.15, 0.2) is 29.4 Å². The SMILES string of the molecule is CCC(CC(N)=NO)NC(=O)c1cccc(N(C)C)c1. The number of nitrogens with two attached hydrogens (primary N) is 1. The molecule has 6 heteroatoms. The molecule has 0 saturated heterocycles. The summed E-state index contributed by atoms with van der Waals surface area (Å²) in [6.45, 7) is 1.94. The van der Waals surface area contributed by atoms with Crippen molar-refractivity contribution in [2.45, 2.75) is 25.8 Å². The van der Waals surface area contributed by atoms with Gasteiger partial charge < -0.3 is 21.2 Å². The van der Waals surface area contributed by atoms with Crippen LogP contribution in [0.1, 0.15) is 30.1 Å². The minimum atomic E-state index is -0.161. The molecule has 0 aliphatic heterocycles. The average molecular weight is 278 g/mol. The molecular weight excluding hydrogens is 256 g/mol. The molecule has 1 atom stereocenters. The van der Waals surface area contributed by atoms with Crippen LogP contribution in [0.5, 0.6) is 0 Å². The fourth-order valence-corrected chi connectivity index (χ4v) is 1.78. The Morgan fingerprint density at radius 3 is 2.75 bits per heavy atom. The normalized spacial score (nSPS) is 12.8. The lowest BCUT2D eigenvalue weighted by molar-refractivity contribution is 0.0937. The van der Waals surface area contributed by atoms with Gasteiger partial charge in [0.15, 0.2) is 0 Å². The zero-order valence-corrected chi connectivity index (χ0v) is 12.1. The highest BCUT2D eigenvalue weighted by atomic mass is 16.4. The molecule has 1 aromatic carbocycles. The number of benzene rings is 1. The number of hydrogen-bond donors (Lipinski definition) is 3. The predicted octanol–water partition coefficient (Wildman–Crippen LogP) is 1.40. The zero-order chi connectivity index (χ0) is 15.1. The Bertz CT molecular complexity index is 486. The molecular formula is C14H22N4O2. The summed E-state index contributed by atoms with van der Waals surface area (Å²) < 4.78 is 0. The summed E-state index contributed by atoms with van der Waals surface area (Å²) in [5, 5.41) is 14.4. The lowest BCUT2D eigenvalue weighted by Crippen LogP contribution is -2.37. The molecule has 0 aliphatic rings. The van der Waals surface area contributed by atoms with Crippen LogP contribution in [0.3, 0.4) is 0 Å². The number of nitrogens with one attached hydrogen (secondary N) is 1. The predicted molar refractivity (Wildman–Crippen MR) is 80.3 cm³/mol. The number of rotatable bonds is 6. The van der Waals surface area contributed by atoms with Crippen LogP contribution < -0.4 is 16.0 Å². The number of carbonyl (C=O) groups excluding carboxylic acids is 1. The first kappa shape index (κ1) is 15.8. The number of hydrogen-bond acceptors (Lipinski definition) is 4. The van der Waals surface area contributed by atoms with E-state index in [1.807, 2.05) is 44.1 Å². The van der Waals surface area contributed by atoms with E-state index in [0.29, 0.717) is 18.4 Å². The molecule has 0 heterocycles. The van der Waals surface area contributed by atoms with Crippen molar-refractivity contribution in [3.63, 3.8) is 0 Å². The first-order valence-corrected chi connectivity index (χ1v) is 6.52. The van der Waals surface area contributed by atoms with Crippen LogP contribution in [0.2, 0.25) is 0 Å². The van der Waals surface area contributed by atoms with Crippen molar-refractivity contribution in [3.05, 3.63) is 29.8 Å². The lowest BCUT2D eigenvalue weighted by Gasteiger charge is -2.17. The maximum atomic E-state index is 12.2. The van der Waals surface area contributed by atoms with Gasteiger partial charge in [0.2, 0.25) is 0 Å². The maximum absolute atomic E-state index is 12.2. The van der Waals surface area contributed by atoms with E-state index in [0.717, 1.165) is 5.69 Å². The Hall–Kier alpha value is -2.24. The molecule has 6 nitrogen and oxygen atoms in total. The van der Waals surface area contributed by atoms with Crippen molar-refractivity contribution in [1.29, 1.82) is 0 Å². The van der Waals surface area contributed by atoms with Crippen molar-refractivity contribution >= 4 is 17.4 Å². The molecule has 0 bridgehead atoms. The number of carbonyl (C=O) groups is 1. The average Bonchev–Trinajstić information content (AvgIpc) is 2.46. The van der Waals surface area contributed by atoms with Crippen LogP contribution in [-0.2, 0) is 0 Å². The smallest absolute Gasteiger partial charge is 0.251 e. The van der Waals surface area contributed by atoms with Gasteiger partial charge in [-0.05, 0) is 24.6 Å². The van der Waals surface area contributed by atoms with E-state index in [4.69, 9.17) is 10.9 Å². The Morgan fingerprint density at radius 2 is 2.20 bits per heavy atom. The second-order valence-electron chi connectivity index (χ2n) is 4.82. The van der Waals surface area contributed by atoms with Gasteiger partial charge in [-0.3, -0.25) is 4.79 Å². The van der Waals surface area contributed by atoms with E-state index >= 15 is 0 Å². The largest absolute Gasteiger partial charge is 0.409 e. The van der Waals surface area contributed by atoms with Gasteiger partial charge in [0.05, 0.1) is 0 Å². The van der Waals surface area contributed by atoms with Gasteiger partial charge in [-0.25, -0.2) is 0 Å². The van der Waals surface area contributed by atoms with E-state index in [1.54, 1.807) is 6.07 Å². The van der Waals surface area contributed by atoms with Gasteiger partial charge in [-0.15, -0.1) is 0 Å². The summed E-state index contributed by atoms with van der Waals surface area (Å²) >= 11 is 0. The van der Waals surface area contributed by atoms with Gasteiger partial charge in [0.1, 0.15) is 5.84 Å². The van der Waals surface area contributed by atoms with E-state index in [1.165, 1.54) is 0 Å². The number of oxime groups is 1. The van der Waals surface area contributed by atoms with Gasteiger partial charge in [-0.1, -0.05) is 18.1 Å². The maximum Gasteiger partial charge on any atom is 0.251 e. The molecule has 0 fully saturated rings. The Kier molecular flexibility index (Phi) is 5.83. The standard InChI is InChI=1S/C14H22N4O2/c1-4-11(9-13(15)17-20)16-14(19)10-6-5-7-12(8-10)18(2)3/h5-8,11,20H,4,9H2,1-3H3,(H2,15,17)(H,16,19). The van der Waals surface area contributed by atoms with Crippen LogP contribution in [0, 0.1) is 0 Å². The van der Waals surface area contributed by atoms with Crippen molar-refractivity contribution < 1.29 is 10.0 Å². The third-order valence-corrected chi connectivity index (χ3v) is 3.04. The molecule has 1 unspecified atom stereocenters. The first-order chi connectivity index (χ1) is 9.47. The molecule has 1 rings (SSSR count). The van der Waals surface area contributed by atoms with Gasteiger partial charge in [0, 0.05) is 37.8 Å². The van der Waals surface area contributed by atoms with Crippen LogP contribution in [-0.4, -0.2) is 37.1 Å². The number of amidine groups is 1. The number of anilines is 1. The highest BCUT2D eigenvalue weighted by Crippen LogP contribution is 2.13. The first-order valence-electron chi connectivity index (χ1n) is 6.52. The summed E-state index contributed by atoms with van der Waals surface area (Å²) in [4.78, 5) is 14.1. The van der Waals surface area contributed by atoms with Crippen molar-refractivity contribution in [1.82, 2.24) is 5.32 Å². The third-order valence-electron chi connectivity index (χ3n) is 3.04. The van der Waals surface area contributed by atoms with Crippen LogP contribution in [0.4, 0.5) is 5.69 Å². The monoisotopic (exact) mass is 278 g/mol. The fraction of sp³-hybridized carbons (Fsp3) is 0.429. The second kappa shape index (κ2) is 7.37. The third kappa shape index (κ3) is 4.46. The highest BCUT2D eigenvalue weighted by molar-refractivity contribution is 5.95. The highest BCUT2D eigenvalue weighted by Gasteiger charge is 2.14. The van der Waals surface area contributed by atoms with Gasteiger partial charge in [0.25, 0.3) is 5.91 Å².